The lowest BCUT2D eigenvalue weighted by Crippen LogP contribution is -2.37. The average molecular weight is 487 g/mol. The molecule has 1 fully saturated rings. The van der Waals surface area contributed by atoms with Gasteiger partial charge in [0.05, 0.1) is 30.8 Å². The number of piperidine rings is 1. The first-order valence-corrected chi connectivity index (χ1v) is 12.4. The molecule has 7 nitrogen and oxygen atoms in total. The highest BCUT2D eigenvalue weighted by molar-refractivity contribution is 6.06. The van der Waals surface area contributed by atoms with E-state index in [-0.39, 0.29) is 17.6 Å². The number of fused-ring (bicyclic) bond motifs is 2. The molecule has 0 atom stereocenters. The van der Waals surface area contributed by atoms with Crippen LogP contribution in [0.5, 0.6) is 5.75 Å². The van der Waals surface area contributed by atoms with Crippen molar-refractivity contribution in [1.29, 1.82) is 0 Å². The van der Waals surface area contributed by atoms with Crippen LogP contribution in [0.15, 0.2) is 66.7 Å². The number of hydrogen-bond donors (Lipinski definition) is 1. The van der Waals surface area contributed by atoms with Crippen LogP contribution in [0, 0.1) is 5.92 Å². The number of carboxylic acid groups (broad SMARTS) is 1. The maximum atomic E-state index is 12.5. The number of benzene rings is 3. The smallest absolute Gasteiger partial charge is 0.354 e. The van der Waals surface area contributed by atoms with Crippen LogP contribution in [0.4, 0.5) is 5.69 Å². The number of carboxylic acids is 1. The number of ether oxygens (including phenoxy) is 2. The molecule has 0 radical (unpaired) electrons. The summed E-state index contributed by atoms with van der Waals surface area (Å²) in [6, 6.07) is 21.9. The summed E-state index contributed by atoms with van der Waals surface area (Å²) in [6.07, 6.45) is 1.94. The van der Waals surface area contributed by atoms with Crippen molar-refractivity contribution in [3.63, 3.8) is 0 Å². The highest BCUT2D eigenvalue weighted by Gasteiger charge is 2.31. The summed E-state index contributed by atoms with van der Waals surface area (Å²) in [5.41, 5.74) is 1.92. The van der Waals surface area contributed by atoms with Crippen molar-refractivity contribution in [1.82, 2.24) is 4.57 Å². The van der Waals surface area contributed by atoms with Crippen molar-refractivity contribution >= 4 is 39.3 Å². The number of para-hydroxylation sites is 1. The van der Waals surface area contributed by atoms with Crippen LogP contribution in [0.25, 0.3) is 21.7 Å². The Morgan fingerprint density at radius 1 is 0.944 bits per heavy atom. The van der Waals surface area contributed by atoms with E-state index in [0.717, 1.165) is 33.1 Å². The Hall–Kier alpha value is -4.00. The highest BCUT2D eigenvalue weighted by Crippen LogP contribution is 2.37. The number of nitrogens with zero attached hydrogens (tertiary/aromatic N) is 2. The molecule has 186 valence electrons. The van der Waals surface area contributed by atoms with Gasteiger partial charge >= 0.3 is 11.9 Å². The lowest BCUT2D eigenvalue weighted by molar-refractivity contribution is -0.146. The standard InChI is InChI=1S/C29H30N2O5/c1-35-29(34)21-14-17-30(18-15-21)26-23-11-4-5-12-24(23)31(27(26)28(32)33)16-7-19-36-25-13-6-9-20-8-2-3-10-22(20)25/h2-6,8-13,21H,7,14-19H2,1H3,(H,32,33). The maximum absolute atomic E-state index is 12.5. The molecule has 3 aromatic carbocycles. The topological polar surface area (TPSA) is 81.0 Å². The van der Waals surface area contributed by atoms with Crippen LogP contribution >= 0.6 is 0 Å². The molecule has 0 saturated carbocycles. The Bertz CT molecular complexity index is 1400. The largest absolute Gasteiger partial charge is 0.493 e. The molecule has 1 aliphatic rings. The zero-order chi connectivity index (χ0) is 25.1. The summed E-state index contributed by atoms with van der Waals surface area (Å²) in [5, 5.41) is 13.4. The number of rotatable bonds is 8. The Kier molecular flexibility index (Phi) is 6.80. The fraction of sp³-hybridized carbons (Fsp3) is 0.310. The van der Waals surface area contributed by atoms with Gasteiger partial charge in [0.1, 0.15) is 5.75 Å². The number of carbonyl (C=O) groups is 2. The summed E-state index contributed by atoms with van der Waals surface area (Å²) >= 11 is 0. The Morgan fingerprint density at radius 3 is 2.39 bits per heavy atom. The van der Waals surface area contributed by atoms with E-state index in [1.807, 2.05) is 59.2 Å². The molecule has 0 spiro atoms. The number of hydrogen-bond acceptors (Lipinski definition) is 5. The number of anilines is 1. The first-order chi connectivity index (χ1) is 17.6. The van der Waals surface area contributed by atoms with Crippen LogP contribution in [-0.4, -0.2) is 48.4 Å². The predicted molar refractivity (Wildman–Crippen MR) is 140 cm³/mol. The summed E-state index contributed by atoms with van der Waals surface area (Å²) in [4.78, 5) is 26.6. The monoisotopic (exact) mass is 486 g/mol. The zero-order valence-corrected chi connectivity index (χ0v) is 20.4. The molecule has 0 unspecified atom stereocenters. The van der Waals surface area contributed by atoms with Crippen molar-refractivity contribution in [3.05, 3.63) is 72.4 Å². The number of aromatic carboxylic acids is 1. The van der Waals surface area contributed by atoms with Gasteiger partial charge < -0.3 is 24.0 Å². The molecule has 2 heterocycles. The molecule has 36 heavy (non-hydrogen) atoms. The van der Waals surface area contributed by atoms with Crippen molar-refractivity contribution in [2.24, 2.45) is 5.92 Å². The van der Waals surface area contributed by atoms with E-state index in [1.165, 1.54) is 7.11 Å². The van der Waals surface area contributed by atoms with Gasteiger partial charge in [-0.1, -0.05) is 54.6 Å². The van der Waals surface area contributed by atoms with Gasteiger partial charge in [0.15, 0.2) is 5.69 Å². The van der Waals surface area contributed by atoms with Crippen LogP contribution < -0.4 is 9.64 Å². The molecule has 0 bridgehead atoms. The van der Waals surface area contributed by atoms with E-state index in [1.54, 1.807) is 0 Å². The summed E-state index contributed by atoms with van der Waals surface area (Å²) in [7, 11) is 1.41. The number of aromatic nitrogens is 1. The summed E-state index contributed by atoms with van der Waals surface area (Å²) in [6.45, 7) is 2.21. The first-order valence-electron chi connectivity index (χ1n) is 12.4. The number of methoxy groups -OCH3 is 1. The number of aryl methyl sites for hydroxylation is 1. The average Bonchev–Trinajstić information content (AvgIpc) is 3.25. The molecule has 0 amide bonds. The van der Waals surface area contributed by atoms with Gasteiger partial charge in [-0.25, -0.2) is 4.79 Å². The fourth-order valence-electron chi connectivity index (χ4n) is 5.29. The van der Waals surface area contributed by atoms with E-state index in [9.17, 15) is 14.7 Å². The van der Waals surface area contributed by atoms with Gasteiger partial charge in [-0.2, -0.15) is 0 Å². The molecular weight excluding hydrogens is 456 g/mol. The molecular formula is C29H30N2O5. The highest BCUT2D eigenvalue weighted by atomic mass is 16.5. The predicted octanol–water partition coefficient (Wildman–Crippen LogP) is 5.35. The Balaban J connectivity index is 1.37. The quantitative estimate of drug-likeness (QED) is 0.267. The summed E-state index contributed by atoms with van der Waals surface area (Å²) < 4.78 is 12.9. The lowest BCUT2D eigenvalue weighted by atomic mass is 9.96. The third kappa shape index (κ3) is 4.49. The fourth-order valence-corrected chi connectivity index (χ4v) is 5.29. The molecule has 1 N–H and O–H groups in total. The van der Waals surface area contributed by atoms with Gasteiger partial charge in [-0.15, -0.1) is 0 Å². The minimum Gasteiger partial charge on any atom is -0.493 e. The molecule has 5 rings (SSSR count). The van der Waals surface area contributed by atoms with Gasteiger partial charge in [-0.05, 0) is 36.8 Å². The van der Waals surface area contributed by atoms with Crippen molar-refractivity contribution < 1.29 is 24.2 Å². The SMILES string of the molecule is COC(=O)C1CCN(c2c(C(=O)O)n(CCCOc3cccc4ccccc34)c3ccccc23)CC1. The van der Waals surface area contributed by atoms with E-state index < -0.39 is 5.97 Å². The van der Waals surface area contributed by atoms with E-state index in [4.69, 9.17) is 9.47 Å². The molecule has 4 aromatic rings. The molecule has 7 heteroatoms. The normalized spacial score (nSPS) is 14.3. The van der Waals surface area contributed by atoms with Crippen LogP contribution in [0.3, 0.4) is 0 Å². The van der Waals surface area contributed by atoms with Crippen molar-refractivity contribution in [3.8, 4) is 5.75 Å². The van der Waals surface area contributed by atoms with Crippen LogP contribution in [0.2, 0.25) is 0 Å². The lowest BCUT2D eigenvalue weighted by Gasteiger charge is -2.32. The first kappa shape index (κ1) is 23.7. The van der Waals surface area contributed by atoms with Gasteiger partial charge in [0, 0.05) is 30.4 Å². The molecule has 0 aliphatic carbocycles. The minimum atomic E-state index is -0.953. The van der Waals surface area contributed by atoms with E-state index in [2.05, 4.69) is 17.0 Å². The van der Waals surface area contributed by atoms with Gasteiger partial charge in [0.25, 0.3) is 0 Å². The molecule has 1 aromatic heterocycles. The third-order valence-electron chi connectivity index (χ3n) is 7.03. The van der Waals surface area contributed by atoms with Gasteiger partial charge in [-0.3, -0.25) is 4.79 Å². The van der Waals surface area contributed by atoms with Crippen molar-refractivity contribution in [2.45, 2.75) is 25.8 Å². The Labute approximate surface area is 209 Å². The van der Waals surface area contributed by atoms with Crippen molar-refractivity contribution in [2.75, 3.05) is 31.7 Å². The minimum absolute atomic E-state index is 0.140. The molecule has 1 aliphatic heterocycles. The zero-order valence-electron chi connectivity index (χ0n) is 20.4. The second kappa shape index (κ2) is 10.3. The number of esters is 1. The van der Waals surface area contributed by atoms with Crippen LogP contribution in [-0.2, 0) is 16.1 Å². The summed E-state index contributed by atoms with van der Waals surface area (Å²) in [5.74, 6) is -0.454. The second-order valence-electron chi connectivity index (χ2n) is 9.13. The Morgan fingerprint density at radius 2 is 1.64 bits per heavy atom. The van der Waals surface area contributed by atoms with Gasteiger partial charge in [0.2, 0.25) is 0 Å². The molecule has 1 saturated heterocycles. The number of carbonyl (C=O) groups excluding carboxylic acids is 1. The second-order valence-corrected chi connectivity index (χ2v) is 9.13. The van der Waals surface area contributed by atoms with E-state index >= 15 is 0 Å². The maximum Gasteiger partial charge on any atom is 0.354 e. The van der Waals surface area contributed by atoms with Crippen LogP contribution in [0.1, 0.15) is 29.8 Å². The van der Waals surface area contributed by atoms with E-state index in [0.29, 0.717) is 45.5 Å². The third-order valence-corrected chi connectivity index (χ3v) is 7.03.